The Bertz CT molecular complexity index is 240. The first kappa shape index (κ1) is 31.0. The smallest absolute Gasteiger partial charge is 0.677 e. The van der Waals surface area contributed by atoms with Crippen LogP contribution in [0.2, 0.25) is 0 Å². The Balaban J connectivity index is -0.000000118. The van der Waals surface area contributed by atoms with Crippen LogP contribution in [0.25, 0.3) is 17.2 Å². The molecule has 0 unspecified atom stereocenters. The Labute approximate surface area is 165 Å². The van der Waals surface area contributed by atoms with Gasteiger partial charge >= 0.3 is 25.8 Å². The molecule has 3 N–H and O–H groups in total. The summed E-state index contributed by atoms with van der Waals surface area (Å²) in [6.07, 6.45) is 12.8. The van der Waals surface area contributed by atoms with Crippen LogP contribution in [0.15, 0.2) is 17.7 Å². The van der Waals surface area contributed by atoms with Crippen molar-refractivity contribution >= 4 is 0 Å². The first-order valence-corrected chi connectivity index (χ1v) is 8.52. The molecule has 0 saturated carbocycles. The number of hydrogen-bond acceptors (Lipinski definition) is 0. The van der Waals surface area contributed by atoms with Crippen molar-refractivity contribution in [3.05, 3.63) is 41.0 Å². The van der Waals surface area contributed by atoms with Crippen LogP contribution in [0.4, 0.5) is 0 Å². The Kier molecular flexibility index (Phi) is 33.0. The molecule has 1 rings (SSSR count). The van der Waals surface area contributed by atoms with Crippen molar-refractivity contribution < 1.29 is 25.8 Å². The summed E-state index contributed by atoms with van der Waals surface area (Å²) in [5.74, 6) is 0. The maximum atomic E-state index is 6.45. The van der Waals surface area contributed by atoms with Gasteiger partial charge in [-0.25, -0.2) is 11.6 Å². The zero-order valence-corrected chi connectivity index (χ0v) is 19.9. The summed E-state index contributed by atoms with van der Waals surface area (Å²) < 4.78 is 0. The van der Waals surface area contributed by atoms with Gasteiger partial charge in [-0.3, -0.25) is 6.08 Å². The molecule has 0 radical (unpaired) electrons. The zero-order chi connectivity index (χ0) is 17.9. The summed E-state index contributed by atoms with van der Waals surface area (Å²) in [7, 11) is 0. The van der Waals surface area contributed by atoms with E-state index in [2.05, 4.69) is 39.0 Å². The van der Waals surface area contributed by atoms with Crippen LogP contribution in [0.3, 0.4) is 0 Å². The van der Waals surface area contributed by atoms with Gasteiger partial charge in [-0.05, 0) is 5.41 Å². The maximum absolute atomic E-state index is 6.45. The van der Waals surface area contributed by atoms with Crippen molar-refractivity contribution in [3.8, 4) is 0 Å². The van der Waals surface area contributed by atoms with Gasteiger partial charge < -0.3 is 17.2 Å². The average Bonchev–Trinajstić information content (AvgIpc) is 2.98. The second-order valence-corrected chi connectivity index (χ2v) is 6.30. The van der Waals surface area contributed by atoms with Crippen LogP contribution < -0.4 is 0 Å². The standard InChI is InChI=1S/C10H15.3C3H8N.Hf/c1-10(2,3)8-9-6-4-5-7-9;3*1-2-3-4;/h4,6H,5,8H2,1-3H3;3*4H,2-3H2,1H3;/q4*-1;+4. The molecule has 4 heteroatoms. The van der Waals surface area contributed by atoms with Gasteiger partial charge in [-0.15, -0.1) is 6.42 Å². The number of nitrogens with one attached hydrogen (secondary N) is 3. The van der Waals surface area contributed by atoms with E-state index in [0.29, 0.717) is 25.0 Å². The van der Waals surface area contributed by atoms with Gasteiger partial charge in [0.05, 0.1) is 0 Å². The molecule has 0 aromatic heterocycles. The van der Waals surface area contributed by atoms with E-state index < -0.39 is 0 Å². The zero-order valence-electron chi connectivity index (χ0n) is 16.3. The van der Waals surface area contributed by atoms with E-state index in [1.807, 2.05) is 20.8 Å². The van der Waals surface area contributed by atoms with E-state index in [1.54, 1.807) is 0 Å². The summed E-state index contributed by atoms with van der Waals surface area (Å²) in [6.45, 7) is 14.5. The summed E-state index contributed by atoms with van der Waals surface area (Å²) in [5.41, 5.74) is 21.1. The van der Waals surface area contributed by atoms with Crippen molar-refractivity contribution in [1.82, 2.24) is 0 Å². The van der Waals surface area contributed by atoms with Crippen LogP contribution >= 0.6 is 0 Å². The number of rotatable bonds is 4. The molecule has 0 spiro atoms. The number of allylic oxidation sites excluding steroid dienone is 4. The summed E-state index contributed by atoms with van der Waals surface area (Å²) >= 11 is 0. The third-order valence-corrected chi connectivity index (χ3v) is 2.24. The predicted octanol–water partition coefficient (Wildman–Crippen LogP) is 7.46. The largest absolute Gasteiger partial charge is 4.00 e. The van der Waals surface area contributed by atoms with Gasteiger partial charge in [0.2, 0.25) is 0 Å². The minimum absolute atomic E-state index is 0. The molecule has 0 bridgehead atoms. The first-order valence-electron chi connectivity index (χ1n) is 8.52. The van der Waals surface area contributed by atoms with Gasteiger partial charge in [0.25, 0.3) is 0 Å². The quantitative estimate of drug-likeness (QED) is 0.291. The molecule has 1 aliphatic rings. The molecule has 0 aromatic rings. The van der Waals surface area contributed by atoms with Crippen LogP contribution in [0, 0.1) is 11.5 Å². The molecule has 0 amide bonds. The Hall–Kier alpha value is 0.230. The van der Waals surface area contributed by atoms with Crippen LogP contribution in [-0.4, -0.2) is 19.6 Å². The van der Waals surface area contributed by atoms with Crippen molar-refractivity contribution in [2.24, 2.45) is 5.41 Å². The Morgan fingerprint density at radius 3 is 1.43 bits per heavy atom. The van der Waals surface area contributed by atoms with Gasteiger partial charge in [-0.1, -0.05) is 67.2 Å². The van der Waals surface area contributed by atoms with Crippen molar-refractivity contribution in [2.75, 3.05) is 19.6 Å². The molecule has 0 heterocycles. The van der Waals surface area contributed by atoms with E-state index in [1.165, 1.54) is 5.57 Å². The number of hydrogen-bond donors (Lipinski definition) is 0. The molecule has 0 saturated heterocycles. The summed E-state index contributed by atoms with van der Waals surface area (Å²) in [4.78, 5) is 0. The molecule has 1 aliphatic carbocycles. The minimum atomic E-state index is 0. The van der Waals surface area contributed by atoms with E-state index in [-0.39, 0.29) is 25.8 Å². The molecule has 0 aliphatic heterocycles. The van der Waals surface area contributed by atoms with E-state index >= 15 is 0 Å². The van der Waals surface area contributed by atoms with Crippen LogP contribution in [0.5, 0.6) is 0 Å². The van der Waals surface area contributed by atoms with Crippen molar-refractivity contribution in [3.63, 3.8) is 0 Å². The average molecular weight is 488 g/mol. The monoisotopic (exact) mass is 489 g/mol. The summed E-state index contributed by atoms with van der Waals surface area (Å²) in [5, 5.41) is 0. The Morgan fingerprint density at radius 2 is 1.26 bits per heavy atom. The molecular formula is C19H39HfN3. The van der Waals surface area contributed by atoms with Crippen LogP contribution in [0.1, 0.15) is 73.6 Å². The van der Waals surface area contributed by atoms with E-state index in [0.717, 1.165) is 32.1 Å². The molecule has 3 nitrogen and oxygen atoms in total. The molecule has 0 atom stereocenters. The topological polar surface area (TPSA) is 71.4 Å². The van der Waals surface area contributed by atoms with Gasteiger partial charge in [0, 0.05) is 0 Å². The van der Waals surface area contributed by atoms with Crippen LogP contribution in [-0.2, 0) is 25.8 Å². The molecule has 134 valence electrons. The van der Waals surface area contributed by atoms with Crippen molar-refractivity contribution in [1.29, 1.82) is 0 Å². The second-order valence-electron chi connectivity index (χ2n) is 6.30. The second kappa shape index (κ2) is 24.5. The Morgan fingerprint density at radius 1 is 0.913 bits per heavy atom. The maximum Gasteiger partial charge on any atom is 4.00 e. The predicted molar refractivity (Wildman–Crippen MR) is 103 cm³/mol. The van der Waals surface area contributed by atoms with Gasteiger partial charge in [-0.2, -0.15) is 25.7 Å². The minimum Gasteiger partial charge on any atom is -0.677 e. The summed E-state index contributed by atoms with van der Waals surface area (Å²) in [6, 6.07) is 0. The third kappa shape index (κ3) is 39.2. The van der Waals surface area contributed by atoms with E-state index in [4.69, 9.17) is 17.2 Å². The molecular weight excluding hydrogens is 449 g/mol. The third-order valence-electron chi connectivity index (χ3n) is 2.24. The van der Waals surface area contributed by atoms with Gasteiger partial charge in [0.1, 0.15) is 0 Å². The molecule has 23 heavy (non-hydrogen) atoms. The SMILES string of the molecule is CC(C)(C)CC1=[C-]CC=C1.CCC[NH-].CCC[NH-].CCC[NH-].[Hf+4]. The first-order chi connectivity index (χ1) is 10.3. The van der Waals surface area contributed by atoms with E-state index in [9.17, 15) is 0 Å². The molecule has 0 aromatic carbocycles. The molecule has 0 fully saturated rings. The fourth-order valence-electron chi connectivity index (χ4n) is 1.14. The fourth-order valence-corrected chi connectivity index (χ4v) is 1.14. The van der Waals surface area contributed by atoms with Gasteiger partial charge in [0.15, 0.2) is 0 Å². The van der Waals surface area contributed by atoms with Crippen molar-refractivity contribution in [2.45, 2.75) is 73.6 Å². The fraction of sp³-hybridized carbons (Fsp3) is 0.789. The normalized spacial score (nSPS) is 11.6.